The van der Waals surface area contributed by atoms with Crippen molar-refractivity contribution < 1.29 is 28.8 Å². The number of amides is 5. The molecule has 0 radical (unpaired) electrons. The molecule has 2 aliphatic rings. The van der Waals surface area contributed by atoms with Gasteiger partial charge in [0.25, 0.3) is 0 Å². The maximum Gasteiger partial charge on any atom is 0.250 e. The number of hydrogen-bond donors (Lipinski definition) is 5. The van der Waals surface area contributed by atoms with Gasteiger partial charge in [-0.25, -0.2) is 0 Å². The molecule has 2 aliphatic heterocycles. The highest BCUT2D eigenvalue weighted by Crippen LogP contribution is 2.36. The highest BCUT2D eigenvalue weighted by Gasteiger charge is 2.43. The molecule has 5 amide bonds. The van der Waals surface area contributed by atoms with Gasteiger partial charge in [0.05, 0.1) is 24.2 Å². The number of nitrogens with one attached hydrogen (secondary N) is 5. The van der Waals surface area contributed by atoms with Crippen LogP contribution in [0.4, 0.5) is 11.4 Å². The molecule has 66 heavy (non-hydrogen) atoms. The van der Waals surface area contributed by atoms with Crippen LogP contribution in [0.15, 0.2) is 109 Å². The summed E-state index contributed by atoms with van der Waals surface area (Å²) in [4.78, 5) is 87.4. The summed E-state index contributed by atoms with van der Waals surface area (Å²) in [6, 6.07) is 29.9. The lowest BCUT2D eigenvalue weighted by Crippen LogP contribution is -2.56. The van der Waals surface area contributed by atoms with E-state index in [2.05, 4.69) is 26.6 Å². The van der Waals surface area contributed by atoms with Gasteiger partial charge in [0.1, 0.15) is 18.1 Å². The molecule has 8 atom stereocenters. The first kappa shape index (κ1) is 49.3. The number of carbonyl (C=O) groups is 6. The summed E-state index contributed by atoms with van der Waals surface area (Å²) in [5.74, 6) is -1.68. The first-order valence-electron chi connectivity index (χ1n) is 23.5. The predicted octanol–water partition coefficient (Wildman–Crippen LogP) is 6.07. The summed E-state index contributed by atoms with van der Waals surface area (Å²) in [5, 5.41) is 15.0. The van der Waals surface area contributed by atoms with Gasteiger partial charge in [0.2, 0.25) is 29.5 Å². The fraction of sp³-hybridized carbons (Fsp3) is 0.434. The van der Waals surface area contributed by atoms with E-state index < -0.39 is 36.3 Å². The van der Waals surface area contributed by atoms with E-state index in [1.54, 1.807) is 37.7 Å². The van der Waals surface area contributed by atoms with Gasteiger partial charge in [-0.05, 0) is 88.0 Å². The van der Waals surface area contributed by atoms with Gasteiger partial charge < -0.3 is 26.6 Å². The lowest BCUT2D eigenvalue weighted by Gasteiger charge is -2.31. The number of Topliss-reactive ketones (excluding diaryl/α,β-unsaturated/α-hetero) is 1. The molecule has 4 aromatic carbocycles. The second-order valence-corrected chi connectivity index (χ2v) is 17.9. The number of rotatable bonds is 22. The van der Waals surface area contributed by atoms with Crippen molar-refractivity contribution in [1.82, 2.24) is 26.6 Å². The Morgan fingerprint density at radius 2 is 0.955 bits per heavy atom. The van der Waals surface area contributed by atoms with E-state index in [1.165, 1.54) is 0 Å². The van der Waals surface area contributed by atoms with Crippen molar-refractivity contribution in [3.8, 4) is 0 Å². The Morgan fingerprint density at radius 3 is 1.44 bits per heavy atom. The standard InChI is InChI=1S/C53H67N7O6/c1-34(38-21-11-9-12-22-38)31-48(61)46-32-40-25-17-19-29-44(40)59(46)52(65)42(57-49(62)36(3)54-5)27-15-7-8-16-28-43(58-50(63)37(4)55-6)53(66)60-45-30-20-18-26-41(45)33-47(60)51(64)56-35(2)39-23-13-10-14-24-39/h9-14,17-26,29-30,34-37,42-43,46-47,54-55H,7-8,15-16,27-28,31-33H2,1-6H3,(H,56,64)(H,57,62)(H,58,63)/t34-,35+,36-,37-,42-,43-,46-,47-/m0/s1. The lowest BCUT2D eigenvalue weighted by molar-refractivity contribution is -0.130. The van der Waals surface area contributed by atoms with Crippen molar-refractivity contribution in [2.24, 2.45) is 0 Å². The van der Waals surface area contributed by atoms with Gasteiger partial charge in [-0.15, -0.1) is 0 Å². The first-order chi connectivity index (χ1) is 31.8. The van der Waals surface area contributed by atoms with Gasteiger partial charge in [0, 0.05) is 30.6 Å². The fourth-order valence-corrected chi connectivity index (χ4v) is 9.01. The summed E-state index contributed by atoms with van der Waals surface area (Å²) >= 11 is 0. The van der Waals surface area contributed by atoms with Gasteiger partial charge in [-0.1, -0.05) is 130 Å². The third-order valence-corrected chi connectivity index (χ3v) is 13.3. The van der Waals surface area contributed by atoms with Gasteiger partial charge in [-0.2, -0.15) is 0 Å². The highest BCUT2D eigenvalue weighted by atomic mass is 16.2. The van der Waals surface area contributed by atoms with E-state index in [0.29, 0.717) is 62.7 Å². The zero-order valence-corrected chi connectivity index (χ0v) is 39.2. The number of hydrogen-bond acceptors (Lipinski definition) is 8. The molecular weight excluding hydrogens is 831 g/mol. The number of likely N-dealkylation sites (N-methyl/N-ethyl adjacent to an activating group) is 2. The molecule has 13 nitrogen and oxygen atoms in total. The quantitative estimate of drug-likeness (QED) is 0.0593. The molecule has 0 aliphatic carbocycles. The van der Waals surface area contributed by atoms with Crippen LogP contribution in [-0.2, 0) is 41.6 Å². The molecule has 0 aromatic heterocycles. The highest BCUT2D eigenvalue weighted by molar-refractivity contribution is 6.08. The van der Waals surface area contributed by atoms with E-state index >= 15 is 0 Å². The fourth-order valence-electron chi connectivity index (χ4n) is 9.01. The normalized spacial score (nSPS) is 17.9. The lowest BCUT2D eigenvalue weighted by atomic mass is 9.92. The van der Waals surface area contributed by atoms with E-state index in [9.17, 15) is 28.8 Å². The number of unbranched alkanes of at least 4 members (excludes halogenated alkanes) is 3. The Hall–Kier alpha value is -6.18. The molecule has 0 saturated heterocycles. The van der Waals surface area contributed by atoms with Crippen molar-refractivity contribution in [3.63, 3.8) is 0 Å². The van der Waals surface area contributed by atoms with Crippen molar-refractivity contribution in [3.05, 3.63) is 131 Å². The molecule has 13 heteroatoms. The largest absolute Gasteiger partial charge is 0.348 e. The molecule has 0 spiro atoms. The van der Waals surface area contributed by atoms with Crippen LogP contribution in [0.3, 0.4) is 0 Å². The number of ketones is 1. The number of carbonyl (C=O) groups excluding carboxylic acids is 6. The van der Waals surface area contributed by atoms with E-state index in [-0.39, 0.29) is 53.7 Å². The zero-order chi connectivity index (χ0) is 47.3. The molecule has 2 heterocycles. The van der Waals surface area contributed by atoms with Crippen molar-refractivity contribution in [1.29, 1.82) is 0 Å². The van der Waals surface area contributed by atoms with Gasteiger partial charge >= 0.3 is 0 Å². The van der Waals surface area contributed by atoms with E-state index in [4.69, 9.17) is 0 Å². The van der Waals surface area contributed by atoms with Crippen LogP contribution in [0.25, 0.3) is 0 Å². The van der Waals surface area contributed by atoms with Crippen LogP contribution in [-0.4, -0.2) is 85.7 Å². The Labute approximate surface area is 389 Å². The third-order valence-electron chi connectivity index (χ3n) is 13.3. The molecule has 0 unspecified atom stereocenters. The number of nitrogens with zero attached hydrogens (tertiary/aromatic N) is 2. The average Bonchev–Trinajstić information content (AvgIpc) is 3.93. The Balaban J connectivity index is 1.14. The molecule has 0 saturated carbocycles. The Kier molecular flexibility index (Phi) is 17.4. The predicted molar refractivity (Wildman–Crippen MR) is 259 cm³/mol. The maximum absolute atomic E-state index is 14.7. The first-order valence-corrected chi connectivity index (χ1v) is 23.5. The number of benzene rings is 4. The minimum Gasteiger partial charge on any atom is -0.348 e. The second-order valence-electron chi connectivity index (χ2n) is 17.9. The number of anilines is 2. The van der Waals surface area contributed by atoms with Crippen molar-refractivity contribution in [2.75, 3.05) is 23.9 Å². The summed E-state index contributed by atoms with van der Waals surface area (Å²) in [6.45, 7) is 7.39. The van der Waals surface area contributed by atoms with Crippen LogP contribution in [0.1, 0.15) is 107 Å². The Bertz CT molecular complexity index is 2150. The van der Waals surface area contributed by atoms with Crippen LogP contribution in [0, 0.1) is 0 Å². The Morgan fingerprint density at radius 1 is 0.530 bits per heavy atom. The number of para-hydroxylation sites is 2. The third kappa shape index (κ3) is 12.0. The van der Waals surface area contributed by atoms with E-state index in [0.717, 1.165) is 22.3 Å². The SMILES string of the molecule is CN[C@@H](C)C(=O)N[C@@H](CCCCCC[C@H](NC(=O)[C@H](C)NC)C(=O)N1c2ccccc2C[C@H]1C(=O)N[C@H](C)c1ccccc1)C(=O)N1c2ccccc2C[C@H]1C(=O)C[C@H](C)c1ccccc1. The molecule has 6 rings (SSSR count). The molecule has 0 fully saturated rings. The second kappa shape index (κ2) is 23.3. The summed E-state index contributed by atoms with van der Waals surface area (Å²) < 4.78 is 0. The molecule has 350 valence electrons. The van der Waals surface area contributed by atoms with Crippen LogP contribution in [0.2, 0.25) is 0 Å². The smallest absolute Gasteiger partial charge is 0.250 e. The minimum absolute atomic E-state index is 0.0315. The van der Waals surface area contributed by atoms with Crippen LogP contribution in [0.5, 0.6) is 0 Å². The monoisotopic (exact) mass is 898 g/mol. The molecule has 4 aromatic rings. The van der Waals surface area contributed by atoms with Crippen LogP contribution < -0.4 is 36.4 Å². The maximum atomic E-state index is 14.7. The van der Waals surface area contributed by atoms with Gasteiger partial charge in [0.15, 0.2) is 5.78 Å². The van der Waals surface area contributed by atoms with Crippen molar-refractivity contribution in [2.45, 2.75) is 134 Å². The average molecular weight is 898 g/mol. The molecular formula is C53H67N7O6. The molecule has 5 N–H and O–H groups in total. The van der Waals surface area contributed by atoms with Gasteiger partial charge in [-0.3, -0.25) is 38.6 Å². The number of fused-ring (bicyclic) bond motifs is 2. The van der Waals surface area contributed by atoms with Crippen LogP contribution >= 0.6 is 0 Å². The topological polar surface area (TPSA) is 169 Å². The zero-order valence-electron chi connectivity index (χ0n) is 39.2. The summed E-state index contributed by atoms with van der Waals surface area (Å²) in [6.07, 6.45) is 4.16. The summed E-state index contributed by atoms with van der Waals surface area (Å²) in [5.41, 5.74) is 5.12. The molecule has 0 bridgehead atoms. The minimum atomic E-state index is -0.910. The van der Waals surface area contributed by atoms with Crippen molar-refractivity contribution >= 4 is 46.7 Å². The van der Waals surface area contributed by atoms with E-state index in [1.807, 2.05) is 123 Å². The summed E-state index contributed by atoms with van der Waals surface area (Å²) in [7, 11) is 3.36.